The molecule has 14 heteroatoms. The van der Waals surface area contributed by atoms with Crippen LogP contribution >= 0.6 is 0 Å². The highest BCUT2D eigenvalue weighted by atomic mass is 16.7. The SMILES string of the molecule is C/C=C/CC/C=C/CC/C=C/C(O)C(COC1OC(CO)C(OC2OC(CO)C(O)C(O)C2O)C(O)C1O)NC(=O)CCCCCCCCCCCCCCCCCCCCCCCCCCCCCCCCCC. The van der Waals surface area contributed by atoms with Gasteiger partial charge < -0.3 is 65.1 Å². The molecule has 0 aliphatic carbocycles. The number of amides is 1. The number of carbonyl (C=O) groups is 1. The maximum Gasteiger partial charge on any atom is 0.220 e. The Bertz CT molecular complexity index is 1400. The molecule has 0 radical (unpaired) electrons. The maximum atomic E-state index is 13.2. The minimum absolute atomic E-state index is 0.253. The predicted octanol–water partition coefficient (Wildman–Crippen LogP) is 10.6. The molecule has 1 amide bonds. The topological polar surface area (TPSA) is 228 Å². The predicted molar refractivity (Wildman–Crippen MR) is 300 cm³/mol. The minimum Gasteiger partial charge on any atom is -0.394 e. The van der Waals surface area contributed by atoms with Gasteiger partial charge in [0.05, 0.1) is 32.0 Å². The number of unbranched alkanes of at least 4 members (excludes halogenated alkanes) is 33. The quantitative estimate of drug-likeness (QED) is 0.0204. The van der Waals surface area contributed by atoms with Crippen LogP contribution in [0.2, 0.25) is 0 Å². The molecule has 2 rings (SSSR count). The van der Waals surface area contributed by atoms with Crippen LogP contribution in [0, 0.1) is 0 Å². The Labute approximate surface area is 455 Å². The van der Waals surface area contributed by atoms with Gasteiger partial charge in [-0.25, -0.2) is 0 Å². The highest BCUT2D eigenvalue weighted by Gasteiger charge is 2.51. The monoisotopic (exact) mass is 1070 g/mol. The molecular weight excluding hydrogens is 955 g/mol. The third-order valence-electron chi connectivity index (χ3n) is 15.2. The number of nitrogens with one attached hydrogen (secondary N) is 1. The number of hydrogen-bond donors (Lipinski definition) is 9. The van der Waals surface area contributed by atoms with Gasteiger partial charge in [-0.15, -0.1) is 0 Å². The van der Waals surface area contributed by atoms with E-state index in [-0.39, 0.29) is 18.9 Å². The van der Waals surface area contributed by atoms with Gasteiger partial charge in [0.25, 0.3) is 0 Å². The van der Waals surface area contributed by atoms with E-state index in [9.17, 15) is 45.6 Å². The summed E-state index contributed by atoms with van der Waals surface area (Å²) in [5, 5.41) is 86.7. The van der Waals surface area contributed by atoms with Crippen molar-refractivity contribution in [2.24, 2.45) is 0 Å². The number of rotatable bonds is 49. The van der Waals surface area contributed by atoms with Crippen LogP contribution in [-0.2, 0) is 23.7 Å². The number of carbonyl (C=O) groups excluding carboxylic acids is 1. The van der Waals surface area contributed by atoms with Gasteiger partial charge in [0.2, 0.25) is 5.91 Å². The van der Waals surface area contributed by atoms with Gasteiger partial charge in [0.15, 0.2) is 12.6 Å². The van der Waals surface area contributed by atoms with Gasteiger partial charge in [0.1, 0.15) is 48.8 Å². The molecule has 440 valence electrons. The van der Waals surface area contributed by atoms with Crippen molar-refractivity contribution < 1.29 is 64.6 Å². The molecule has 0 aromatic heterocycles. The first-order valence-corrected chi connectivity index (χ1v) is 30.7. The maximum absolute atomic E-state index is 13.2. The van der Waals surface area contributed by atoms with Crippen LogP contribution in [0.25, 0.3) is 0 Å². The summed E-state index contributed by atoms with van der Waals surface area (Å²) >= 11 is 0. The van der Waals surface area contributed by atoms with Crippen LogP contribution in [0.5, 0.6) is 0 Å². The van der Waals surface area contributed by atoms with Gasteiger partial charge >= 0.3 is 0 Å². The second kappa shape index (κ2) is 47.1. The minimum atomic E-state index is -1.79. The number of aliphatic hydroxyl groups excluding tert-OH is 8. The van der Waals surface area contributed by atoms with Crippen molar-refractivity contribution in [3.8, 4) is 0 Å². The van der Waals surface area contributed by atoms with E-state index in [1.165, 1.54) is 180 Å². The number of allylic oxidation sites excluding steroid dienone is 5. The molecule has 12 atom stereocenters. The normalized spacial score (nSPS) is 25.3. The Kier molecular flexibility index (Phi) is 43.5. The lowest BCUT2D eigenvalue weighted by Crippen LogP contribution is -2.65. The molecule has 0 bridgehead atoms. The van der Waals surface area contributed by atoms with Gasteiger partial charge in [-0.2, -0.15) is 0 Å². The van der Waals surface area contributed by atoms with Gasteiger partial charge in [-0.05, 0) is 39.0 Å². The summed E-state index contributed by atoms with van der Waals surface area (Å²) in [6, 6.07) is -0.933. The van der Waals surface area contributed by atoms with Crippen molar-refractivity contribution in [2.75, 3.05) is 19.8 Å². The van der Waals surface area contributed by atoms with Crippen LogP contribution in [0.1, 0.15) is 251 Å². The van der Waals surface area contributed by atoms with Crippen molar-refractivity contribution in [2.45, 2.75) is 325 Å². The summed E-state index contributed by atoms with van der Waals surface area (Å²) in [6.45, 7) is 2.55. The Morgan fingerprint density at radius 2 is 0.880 bits per heavy atom. The van der Waals surface area contributed by atoms with E-state index in [1.807, 2.05) is 19.1 Å². The fourth-order valence-corrected chi connectivity index (χ4v) is 10.2. The Morgan fingerprint density at radius 3 is 1.31 bits per heavy atom. The molecule has 0 aromatic carbocycles. The second-order valence-electron chi connectivity index (χ2n) is 21.8. The summed E-state index contributed by atoms with van der Waals surface area (Å²) in [4.78, 5) is 13.2. The van der Waals surface area contributed by atoms with Crippen LogP contribution < -0.4 is 5.32 Å². The second-order valence-corrected chi connectivity index (χ2v) is 21.8. The fraction of sp³-hybridized carbons (Fsp3) is 0.885. The molecule has 2 heterocycles. The summed E-state index contributed by atoms with van der Waals surface area (Å²) < 4.78 is 22.7. The smallest absolute Gasteiger partial charge is 0.220 e. The molecule has 0 saturated carbocycles. The lowest BCUT2D eigenvalue weighted by atomic mass is 9.97. The van der Waals surface area contributed by atoms with E-state index in [4.69, 9.17) is 18.9 Å². The lowest BCUT2D eigenvalue weighted by Gasteiger charge is -2.46. The standard InChI is InChI=1S/C61H113NO13/c1-3-5-7-9-11-13-14-15-16-17-18-19-20-21-22-23-24-25-26-27-28-29-30-31-32-33-34-35-37-39-41-43-45-53(66)62-49(50(65)44-42-40-38-36-12-10-8-6-4-2)48-72-60-58(71)56(69)59(52(47-64)74-60)75-61-57(70)55(68)54(67)51(46-63)73-61/h4,6,12,36,42,44,49-52,54-61,63-65,67-71H,3,5,7-11,13-35,37-41,43,45-48H2,1-2H3,(H,62,66)/b6-4+,36-12+,44-42+. The third kappa shape index (κ3) is 32.8. The van der Waals surface area contributed by atoms with Gasteiger partial charge in [-0.1, -0.05) is 242 Å². The van der Waals surface area contributed by atoms with E-state index in [0.717, 1.165) is 38.5 Å². The first-order valence-electron chi connectivity index (χ1n) is 30.7. The van der Waals surface area contributed by atoms with E-state index in [1.54, 1.807) is 6.08 Å². The molecule has 2 aliphatic heterocycles. The Morgan fingerprint density at radius 1 is 0.493 bits per heavy atom. The molecule has 2 fully saturated rings. The van der Waals surface area contributed by atoms with Crippen LogP contribution in [0.4, 0.5) is 0 Å². The van der Waals surface area contributed by atoms with E-state index >= 15 is 0 Å². The zero-order valence-electron chi connectivity index (χ0n) is 47.3. The van der Waals surface area contributed by atoms with E-state index < -0.39 is 86.8 Å². The highest BCUT2D eigenvalue weighted by molar-refractivity contribution is 5.76. The van der Waals surface area contributed by atoms with Crippen molar-refractivity contribution >= 4 is 5.91 Å². The first-order chi connectivity index (χ1) is 36.6. The fourth-order valence-electron chi connectivity index (χ4n) is 10.2. The van der Waals surface area contributed by atoms with E-state index in [2.05, 4.69) is 30.5 Å². The van der Waals surface area contributed by atoms with Crippen LogP contribution in [0.3, 0.4) is 0 Å². The van der Waals surface area contributed by atoms with Crippen molar-refractivity contribution in [1.29, 1.82) is 0 Å². The zero-order chi connectivity index (χ0) is 54.6. The third-order valence-corrected chi connectivity index (χ3v) is 15.2. The largest absolute Gasteiger partial charge is 0.394 e. The van der Waals surface area contributed by atoms with Crippen molar-refractivity contribution in [1.82, 2.24) is 5.32 Å². The molecule has 0 spiro atoms. The highest BCUT2D eigenvalue weighted by Crippen LogP contribution is 2.30. The zero-order valence-corrected chi connectivity index (χ0v) is 47.3. The number of ether oxygens (including phenoxy) is 4. The van der Waals surface area contributed by atoms with Crippen LogP contribution in [-0.4, -0.2) is 140 Å². The molecule has 2 saturated heterocycles. The van der Waals surface area contributed by atoms with Crippen molar-refractivity contribution in [3.63, 3.8) is 0 Å². The van der Waals surface area contributed by atoms with Gasteiger partial charge in [0, 0.05) is 6.42 Å². The van der Waals surface area contributed by atoms with Gasteiger partial charge in [-0.3, -0.25) is 4.79 Å². The van der Waals surface area contributed by atoms with Crippen LogP contribution in [0.15, 0.2) is 36.5 Å². The summed E-state index contributed by atoms with van der Waals surface area (Å²) in [5.74, 6) is -0.253. The molecule has 9 N–H and O–H groups in total. The summed E-state index contributed by atoms with van der Waals surface area (Å²) in [7, 11) is 0. The Balaban J connectivity index is 1.59. The molecule has 0 aromatic rings. The number of hydrogen-bond acceptors (Lipinski definition) is 13. The summed E-state index contributed by atoms with van der Waals surface area (Å²) in [5.41, 5.74) is 0. The molecule has 2 aliphatic rings. The molecule has 12 unspecified atom stereocenters. The summed E-state index contributed by atoms with van der Waals surface area (Å²) in [6.07, 6.45) is 41.2. The molecular formula is C61H113NO13. The first kappa shape index (κ1) is 69.3. The number of aliphatic hydroxyl groups is 8. The lowest BCUT2D eigenvalue weighted by molar-refractivity contribution is -0.359. The van der Waals surface area contributed by atoms with E-state index in [0.29, 0.717) is 12.8 Å². The Hall–Kier alpha value is -1.79. The van der Waals surface area contributed by atoms with Crippen molar-refractivity contribution in [3.05, 3.63) is 36.5 Å². The average Bonchev–Trinajstić information content (AvgIpc) is 3.41. The molecule has 14 nitrogen and oxygen atoms in total. The molecule has 75 heavy (non-hydrogen) atoms. The average molecular weight is 1070 g/mol.